The maximum absolute atomic E-state index is 11.7. The minimum atomic E-state index is -0.484. The number of aliphatic hydroxyl groups excluding tert-OH is 1. The lowest BCUT2D eigenvalue weighted by Crippen LogP contribution is -2.36. The number of benzene rings is 1. The van der Waals surface area contributed by atoms with Gasteiger partial charge in [0.15, 0.2) is 0 Å². The summed E-state index contributed by atoms with van der Waals surface area (Å²) in [5, 5.41) is 12.7. The van der Waals surface area contributed by atoms with E-state index in [1.807, 2.05) is 13.8 Å². The predicted octanol–water partition coefficient (Wildman–Crippen LogP) is 1.95. The Morgan fingerprint density at radius 2 is 1.90 bits per heavy atom. The van der Waals surface area contributed by atoms with Gasteiger partial charge in [-0.25, -0.2) is 0 Å². The molecule has 0 spiro atoms. The van der Waals surface area contributed by atoms with Gasteiger partial charge in [0.05, 0.1) is 19.1 Å². The number of nitrogens with two attached hydrogens (primary N) is 1. The zero-order valence-corrected chi connectivity index (χ0v) is 12.8. The number of aliphatic hydroxyl groups is 1. The van der Waals surface area contributed by atoms with E-state index in [1.165, 1.54) is 0 Å². The van der Waals surface area contributed by atoms with Gasteiger partial charge in [0.2, 0.25) is 5.91 Å². The van der Waals surface area contributed by atoms with Crippen LogP contribution < -0.4 is 15.8 Å². The Morgan fingerprint density at radius 3 is 2.48 bits per heavy atom. The summed E-state index contributed by atoms with van der Waals surface area (Å²) in [7, 11) is 0. The monoisotopic (exact) mass is 294 g/mol. The van der Waals surface area contributed by atoms with Crippen LogP contribution in [0.2, 0.25) is 0 Å². The second-order valence-electron chi connectivity index (χ2n) is 5.12. The van der Waals surface area contributed by atoms with E-state index in [-0.39, 0.29) is 18.2 Å². The second kappa shape index (κ2) is 9.23. The van der Waals surface area contributed by atoms with Crippen LogP contribution in [0, 0.1) is 5.92 Å². The van der Waals surface area contributed by atoms with Crippen LogP contribution in [0.15, 0.2) is 24.3 Å². The highest BCUT2D eigenvalue weighted by atomic mass is 16.5. The van der Waals surface area contributed by atoms with Gasteiger partial charge >= 0.3 is 0 Å². The first-order chi connectivity index (χ1) is 10.1. The molecule has 0 aliphatic heterocycles. The number of carbonyl (C=O) groups is 1. The molecule has 118 valence electrons. The maximum atomic E-state index is 11.7. The average Bonchev–Trinajstić information content (AvgIpc) is 2.48. The number of carbonyl (C=O) groups excluding carboxylic acids is 1. The van der Waals surface area contributed by atoms with Crippen molar-refractivity contribution in [2.75, 3.05) is 18.9 Å². The van der Waals surface area contributed by atoms with Crippen molar-refractivity contribution >= 4 is 11.6 Å². The van der Waals surface area contributed by atoms with Gasteiger partial charge in [0.1, 0.15) is 5.75 Å². The number of rotatable bonds is 9. The van der Waals surface area contributed by atoms with Crippen LogP contribution in [0.4, 0.5) is 5.69 Å². The van der Waals surface area contributed by atoms with Crippen LogP contribution in [0.5, 0.6) is 5.75 Å². The third kappa shape index (κ3) is 6.49. The van der Waals surface area contributed by atoms with E-state index in [2.05, 4.69) is 5.32 Å². The Labute approximate surface area is 126 Å². The van der Waals surface area contributed by atoms with Crippen LogP contribution in [0.3, 0.4) is 0 Å². The third-order valence-corrected chi connectivity index (χ3v) is 3.58. The molecule has 0 radical (unpaired) electrons. The first-order valence-electron chi connectivity index (χ1n) is 7.49. The topological polar surface area (TPSA) is 84.6 Å². The number of ether oxygens (including phenoxy) is 1. The molecule has 0 saturated heterocycles. The minimum absolute atomic E-state index is 0.115. The molecule has 0 saturated carbocycles. The van der Waals surface area contributed by atoms with Gasteiger partial charge in [-0.05, 0) is 30.2 Å². The average molecular weight is 294 g/mol. The molecule has 1 unspecified atom stereocenters. The smallest absolute Gasteiger partial charge is 0.223 e. The number of hydrogen-bond acceptors (Lipinski definition) is 4. The molecule has 21 heavy (non-hydrogen) atoms. The molecular weight excluding hydrogens is 268 g/mol. The fourth-order valence-electron chi connectivity index (χ4n) is 2.13. The lowest BCUT2D eigenvalue weighted by molar-refractivity contribution is -0.122. The summed E-state index contributed by atoms with van der Waals surface area (Å²) in [6.07, 6.45) is 1.60. The van der Waals surface area contributed by atoms with Crippen molar-refractivity contribution in [3.05, 3.63) is 24.3 Å². The van der Waals surface area contributed by atoms with Crippen molar-refractivity contribution in [1.82, 2.24) is 5.32 Å². The van der Waals surface area contributed by atoms with E-state index in [9.17, 15) is 9.90 Å². The van der Waals surface area contributed by atoms with Gasteiger partial charge in [-0.2, -0.15) is 0 Å². The highest BCUT2D eigenvalue weighted by Crippen LogP contribution is 2.13. The SMILES string of the molecule is CCC(CC)C(O)CNC(=O)CCOc1ccc(N)cc1. The normalized spacial score (nSPS) is 12.2. The van der Waals surface area contributed by atoms with E-state index in [1.54, 1.807) is 24.3 Å². The van der Waals surface area contributed by atoms with Crippen LogP contribution in [-0.2, 0) is 4.79 Å². The standard InChI is InChI=1S/C16H26N2O3/c1-3-12(4-2)15(19)11-18-16(20)9-10-21-14-7-5-13(17)6-8-14/h5-8,12,15,19H,3-4,9-11,17H2,1-2H3,(H,18,20). The molecule has 0 fully saturated rings. The molecule has 0 heterocycles. The van der Waals surface area contributed by atoms with Gasteiger partial charge in [-0.1, -0.05) is 26.7 Å². The van der Waals surface area contributed by atoms with E-state index >= 15 is 0 Å². The first kappa shape index (κ1) is 17.3. The quantitative estimate of drug-likeness (QED) is 0.608. The number of nitrogen functional groups attached to an aromatic ring is 1. The summed E-state index contributed by atoms with van der Waals surface area (Å²) >= 11 is 0. The summed E-state index contributed by atoms with van der Waals surface area (Å²) in [5.74, 6) is 0.806. The van der Waals surface area contributed by atoms with Crippen molar-refractivity contribution in [3.63, 3.8) is 0 Å². The Bertz CT molecular complexity index is 416. The van der Waals surface area contributed by atoms with Gasteiger partial charge in [-0.15, -0.1) is 0 Å². The number of nitrogens with one attached hydrogen (secondary N) is 1. The van der Waals surface area contributed by atoms with E-state index in [0.29, 0.717) is 24.6 Å². The van der Waals surface area contributed by atoms with E-state index in [0.717, 1.165) is 12.8 Å². The highest BCUT2D eigenvalue weighted by molar-refractivity contribution is 5.76. The van der Waals surface area contributed by atoms with Crippen molar-refractivity contribution in [2.45, 2.75) is 39.2 Å². The molecule has 0 aliphatic rings. The molecule has 0 aliphatic carbocycles. The van der Waals surface area contributed by atoms with Crippen LogP contribution >= 0.6 is 0 Å². The Morgan fingerprint density at radius 1 is 1.29 bits per heavy atom. The molecule has 1 rings (SSSR count). The molecule has 1 aromatic carbocycles. The zero-order valence-electron chi connectivity index (χ0n) is 12.8. The van der Waals surface area contributed by atoms with Gasteiger partial charge < -0.3 is 20.9 Å². The Balaban J connectivity index is 2.20. The van der Waals surface area contributed by atoms with Crippen molar-refractivity contribution < 1.29 is 14.6 Å². The van der Waals surface area contributed by atoms with Crippen LogP contribution in [-0.4, -0.2) is 30.3 Å². The zero-order chi connectivity index (χ0) is 15.7. The van der Waals surface area contributed by atoms with Gasteiger partial charge in [-0.3, -0.25) is 4.79 Å². The lowest BCUT2D eigenvalue weighted by Gasteiger charge is -2.20. The van der Waals surface area contributed by atoms with Crippen LogP contribution in [0.1, 0.15) is 33.1 Å². The van der Waals surface area contributed by atoms with Crippen molar-refractivity contribution in [2.24, 2.45) is 5.92 Å². The molecule has 0 bridgehead atoms. The molecule has 5 heteroatoms. The molecule has 1 atom stereocenters. The van der Waals surface area contributed by atoms with E-state index < -0.39 is 6.10 Å². The molecule has 4 N–H and O–H groups in total. The fraction of sp³-hybridized carbons (Fsp3) is 0.562. The summed E-state index contributed by atoms with van der Waals surface area (Å²) < 4.78 is 5.45. The predicted molar refractivity (Wildman–Crippen MR) is 84.1 cm³/mol. The first-order valence-corrected chi connectivity index (χ1v) is 7.49. The van der Waals surface area contributed by atoms with E-state index in [4.69, 9.17) is 10.5 Å². The minimum Gasteiger partial charge on any atom is -0.493 e. The highest BCUT2D eigenvalue weighted by Gasteiger charge is 2.16. The molecule has 0 aromatic heterocycles. The van der Waals surface area contributed by atoms with Crippen LogP contribution in [0.25, 0.3) is 0 Å². The number of anilines is 1. The second-order valence-corrected chi connectivity index (χ2v) is 5.12. The largest absolute Gasteiger partial charge is 0.493 e. The fourth-order valence-corrected chi connectivity index (χ4v) is 2.13. The molecule has 1 amide bonds. The third-order valence-electron chi connectivity index (χ3n) is 3.58. The Kier molecular flexibility index (Phi) is 7.61. The summed E-state index contributed by atoms with van der Waals surface area (Å²) in [4.78, 5) is 11.7. The summed E-state index contributed by atoms with van der Waals surface area (Å²) in [5.41, 5.74) is 6.25. The van der Waals surface area contributed by atoms with Gasteiger partial charge in [0, 0.05) is 12.2 Å². The maximum Gasteiger partial charge on any atom is 0.223 e. The molecule has 5 nitrogen and oxygen atoms in total. The summed E-state index contributed by atoms with van der Waals surface area (Å²) in [6.45, 7) is 4.68. The van der Waals surface area contributed by atoms with Crippen molar-refractivity contribution in [1.29, 1.82) is 0 Å². The molecule has 1 aromatic rings. The Hall–Kier alpha value is -1.75. The lowest BCUT2D eigenvalue weighted by atomic mass is 9.96. The van der Waals surface area contributed by atoms with Crippen molar-refractivity contribution in [3.8, 4) is 5.75 Å². The summed E-state index contributed by atoms with van der Waals surface area (Å²) in [6, 6.07) is 7.04. The number of hydrogen-bond donors (Lipinski definition) is 3. The number of amides is 1. The molecular formula is C16H26N2O3. The van der Waals surface area contributed by atoms with Gasteiger partial charge in [0.25, 0.3) is 0 Å².